The average molecular weight is 377 g/mol. The molecule has 1 aromatic heterocycles. The molecule has 4 rings (SSSR count). The summed E-state index contributed by atoms with van der Waals surface area (Å²) in [4.78, 5) is 15.7. The highest BCUT2D eigenvalue weighted by atomic mass is 32.2. The Kier molecular flexibility index (Phi) is 4.92. The molecule has 2 aliphatic heterocycles. The van der Waals surface area contributed by atoms with Gasteiger partial charge in [0.15, 0.2) is 0 Å². The molecule has 2 fully saturated rings. The maximum absolute atomic E-state index is 14.6. The molecule has 1 amide bonds. The number of nitrogens with one attached hydrogen (secondary N) is 1. The number of nitrogens with zero attached hydrogens (tertiary/aromatic N) is 2. The van der Waals surface area contributed by atoms with Crippen LogP contribution >= 0.6 is 11.8 Å². The molecule has 0 aliphatic carbocycles. The highest BCUT2D eigenvalue weighted by Gasteiger charge is 2.32. The predicted octanol–water partition coefficient (Wildman–Crippen LogP) is 3.41. The van der Waals surface area contributed by atoms with Gasteiger partial charge in [-0.15, -0.1) is 0 Å². The number of ether oxygens (including phenoxy) is 1. The van der Waals surface area contributed by atoms with Gasteiger partial charge in [-0.25, -0.2) is 9.18 Å². The van der Waals surface area contributed by atoms with E-state index in [1.807, 2.05) is 11.8 Å². The van der Waals surface area contributed by atoms with Gasteiger partial charge in [0, 0.05) is 24.6 Å². The number of furan rings is 1. The van der Waals surface area contributed by atoms with E-state index in [1.165, 1.54) is 11.0 Å². The van der Waals surface area contributed by atoms with E-state index in [0.29, 0.717) is 24.5 Å². The van der Waals surface area contributed by atoms with Gasteiger partial charge in [0.05, 0.1) is 36.4 Å². The molecule has 6 nitrogen and oxygen atoms in total. The molecule has 0 radical (unpaired) electrons. The SMILES string of the molecule is O=C1O[C@@H](CNc2ccoc2)CN1c1ccc(N2CCSCC2)c(F)c1. The molecule has 1 aromatic carbocycles. The molecular formula is C18H20FN3O3S. The largest absolute Gasteiger partial charge is 0.470 e. The molecule has 2 saturated heterocycles. The van der Waals surface area contributed by atoms with Gasteiger partial charge < -0.3 is 19.4 Å². The van der Waals surface area contributed by atoms with E-state index in [4.69, 9.17) is 9.15 Å². The zero-order chi connectivity index (χ0) is 17.9. The topological polar surface area (TPSA) is 58.0 Å². The third-order valence-corrected chi connectivity index (χ3v) is 5.47. The Bertz CT molecular complexity index is 765. The fraction of sp³-hybridized carbons (Fsp3) is 0.389. The molecule has 138 valence electrons. The Morgan fingerprint density at radius 2 is 2.12 bits per heavy atom. The second-order valence-corrected chi connectivity index (χ2v) is 7.47. The van der Waals surface area contributed by atoms with Crippen LogP contribution in [0.5, 0.6) is 0 Å². The van der Waals surface area contributed by atoms with Crippen molar-refractivity contribution in [3.8, 4) is 0 Å². The van der Waals surface area contributed by atoms with Gasteiger partial charge in [-0.1, -0.05) is 0 Å². The van der Waals surface area contributed by atoms with Crippen LogP contribution in [0.25, 0.3) is 0 Å². The van der Waals surface area contributed by atoms with Crippen molar-refractivity contribution in [3.05, 3.63) is 42.6 Å². The summed E-state index contributed by atoms with van der Waals surface area (Å²) < 4.78 is 25.0. The highest BCUT2D eigenvalue weighted by Crippen LogP contribution is 2.29. The van der Waals surface area contributed by atoms with Crippen LogP contribution in [0.4, 0.5) is 26.2 Å². The number of cyclic esters (lactones) is 1. The van der Waals surface area contributed by atoms with Crippen LogP contribution in [0.15, 0.2) is 41.2 Å². The summed E-state index contributed by atoms with van der Waals surface area (Å²) in [5.74, 6) is 1.71. The van der Waals surface area contributed by atoms with Crippen LogP contribution in [0.1, 0.15) is 0 Å². The minimum Gasteiger partial charge on any atom is -0.470 e. The number of thioether (sulfide) groups is 1. The molecule has 2 aliphatic rings. The van der Waals surface area contributed by atoms with Crippen molar-refractivity contribution in [1.29, 1.82) is 0 Å². The molecule has 2 aromatic rings. The quantitative estimate of drug-likeness (QED) is 0.862. The number of hydrogen-bond donors (Lipinski definition) is 1. The lowest BCUT2D eigenvalue weighted by Crippen LogP contribution is -2.33. The number of hydrogen-bond acceptors (Lipinski definition) is 6. The van der Waals surface area contributed by atoms with E-state index in [0.717, 1.165) is 30.3 Å². The number of carbonyl (C=O) groups is 1. The van der Waals surface area contributed by atoms with Crippen molar-refractivity contribution in [2.24, 2.45) is 0 Å². The van der Waals surface area contributed by atoms with E-state index in [2.05, 4.69) is 10.2 Å². The molecule has 26 heavy (non-hydrogen) atoms. The second-order valence-electron chi connectivity index (χ2n) is 6.24. The Balaban J connectivity index is 1.41. The minimum absolute atomic E-state index is 0.304. The summed E-state index contributed by atoms with van der Waals surface area (Å²) in [5.41, 5.74) is 1.95. The van der Waals surface area contributed by atoms with Crippen LogP contribution in [-0.2, 0) is 4.74 Å². The normalized spacial score (nSPS) is 20.3. The fourth-order valence-corrected chi connectivity index (χ4v) is 4.06. The van der Waals surface area contributed by atoms with Crippen LogP contribution in [0.3, 0.4) is 0 Å². The first kappa shape index (κ1) is 17.1. The van der Waals surface area contributed by atoms with Crippen molar-refractivity contribution in [2.45, 2.75) is 6.10 Å². The van der Waals surface area contributed by atoms with Gasteiger partial charge in [-0.3, -0.25) is 4.90 Å². The van der Waals surface area contributed by atoms with Crippen LogP contribution in [-0.4, -0.2) is 49.9 Å². The summed E-state index contributed by atoms with van der Waals surface area (Å²) in [5, 5.41) is 3.14. The Hall–Kier alpha value is -2.35. The average Bonchev–Trinajstić information content (AvgIpc) is 3.30. The molecule has 8 heteroatoms. The molecule has 1 N–H and O–H groups in total. The third kappa shape index (κ3) is 3.60. The number of halogens is 1. The Morgan fingerprint density at radius 1 is 1.27 bits per heavy atom. The van der Waals surface area contributed by atoms with Crippen molar-refractivity contribution in [2.75, 3.05) is 52.8 Å². The van der Waals surface area contributed by atoms with Crippen molar-refractivity contribution in [1.82, 2.24) is 0 Å². The zero-order valence-electron chi connectivity index (χ0n) is 14.2. The number of amides is 1. The highest BCUT2D eigenvalue weighted by molar-refractivity contribution is 7.99. The Morgan fingerprint density at radius 3 is 2.85 bits per heavy atom. The molecule has 0 saturated carbocycles. The summed E-state index contributed by atoms with van der Waals surface area (Å²) in [6.45, 7) is 2.53. The standard InChI is InChI=1S/C18H20FN3O3S/c19-16-9-14(1-2-17(16)21-4-7-26-8-5-21)22-11-15(25-18(22)23)10-20-13-3-6-24-12-13/h1-3,6,9,12,15,20H,4-5,7-8,10-11H2/t15-/m0/s1. The minimum atomic E-state index is -0.453. The molecule has 0 bridgehead atoms. The molecule has 1 atom stereocenters. The van der Waals surface area contributed by atoms with Gasteiger partial charge in [0.25, 0.3) is 0 Å². The van der Waals surface area contributed by atoms with E-state index in [-0.39, 0.29) is 11.9 Å². The molecule has 3 heterocycles. The number of benzene rings is 1. The first-order chi connectivity index (χ1) is 12.7. The third-order valence-electron chi connectivity index (χ3n) is 4.52. The molecular weight excluding hydrogens is 357 g/mol. The van der Waals surface area contributed by atoms with Crippen molar-refractivity contribution >= 4 is 34.9 Å². The number of anilines is 3. The monoisotopic (exact) mass is 377 g/mol. The first-order valence-electron chi connectivity index (χ1n) is 8.57. The van der Waals surface area contributed by atoms with E-state index >= 15 is 0 Å². The van der Waals surface area contributed by atoms with Gasteiger partial charge in [0.2, 0.25) is 0 Å². The lowest BCUT2D eigenvalue weighted by Gasteiger charge is -2.29. The smallest absolute Gasteiger partial charge is 0.414 e. The van der Waals surface area contributed by atoms with Crippen molar-refractivity contribution in [3.63, 3.8) is 0 Å². The lowest BCUT2D eigenvalue weighted by molar-refractivity contribution is 0.147. The summed E-state index contributed by atoms with van der Waals surface area (Å²) >= 11 is 1.88. The maximum Gasteiger partial charge on any atom is 0.414 e. The summed E-state index contributed by atoms with van der Waals surface area (Å²) in [6, 6.07) is 6.75. The van der Waals surface area contributed by atoms with Crippen LogP contribution in [0, 0.1) is 5.82 Å². The van der Waals surface area contributed by atoms with E-state index in [1.54, 1.807) is 30.7 Å². The van der Waals surface area contributed by atoms with Crippen LogP contribution < -0.4 is 15.1 Å². The zero-order valence-corrected chi connectivity index (χ0v) is 15.0. The van der Waals surface area contributed by atoms with Gasteiger partial charge in [-0.2, -0.15) is 11.8 Å². The van der Waals surface area contributed by atoms with Crippen LogP contribution in [0.2, 0.25) is 0 Å². The first-order valence-corrected chi connectivity index (χ1v) is 9.72. The van der Waals surface area contributed by atoms with Gasteiger partial charge in [-0.05, 0) is 24.3 Å². The van der Waals surface area contributed by atoms with Gasteiger partial charge in [0.1, 0.15) is 18.2 Å². The van der Waals surface area contributed by atoms with Gasteiger partial charge >= 0.3 is 6.09 Å². The number of rotatable bonds is 5. The van der Waals surface area contributed by atoms with E-state index < -0.39 is 6.09 Å². The Labute approximate surface area is 155 Å². The maximum atomic E-state index is 14.6. The van der Waals surface area contributed by atoms with E-state index in [9.17, 15) is 9.18 Å². The number of carbonyl (C=O) groups excluding carboxylic acids is 1. The predicted molar refractivity (Wildman–Crippen MR) is 101 cm³/mol. The fourth-order valence-electron chi connectivity index (χ4n) is 3.16. The second kappa shape index (κ2) is 7.49. The molecule has 0 spiro atoms. The summed E-state index contributed by atoms with van der Waals surface area (Å²) in [6.07, 6.45) is 2.40. The molecule has 0 unspecified atom stereocenters. The lowest BCUT2D eigenvalue weighted by atomic mass is 10.2. The van der Waals surface area contributed by atoms with Crippen molar-refractivity contribution < 1.29 is 18.3 Å². The summed E-state index contributed by atoms with van der Waals surface area (Å²) in [7, 11) is 0.